The molecule has 24 heavy (non-hydrogen) atoms. The Labute approximate surface area is 144 Å². The summed E-state index contributed by atoms with van der Waals surface area (Å²) in [5, 5.41) is 0. The van der Waals surface area contributed by atoms with E-state index in [1.165, 1.54) is 10.6 Å². The number of carbonyl (C=O) groups is 1. The number of hydrogen-bond acceptors (Lipinski definition) is 5. The molecule has 2 heterocycles. The van der Waals surface area contributed by atoms with Crippen molar-refractivity contribution in [2.24, 2.45) is 0 Å². The summed E-state index contributed by atoms with van der Waals surface area (Å²) >= 11 is 0. The second-order valence-electron chi connectivity index (χ2n) is 7.05. The minimum Gasteiger partial charge on any atom is -0.347 e. The van der Waals surface area contributed by atoms with Crippen LogP contribution in [0.4, 0.5) is 0 Å². The van der Waals surface area contributed by atoms with Gasteiger partial charge in [-0.15, -0.1) is 0 Å². The van der Waals surface area contributed by atoms with Gasteiger partial charge in [0.05, 0.1) is 19.5 Å². The third kappa shape index (κ3) is 4.09. The van der Waals surface area contributed by atoms with Crippen LogP contribution >= 0.6 is 0 Å². The highest BCUT2D eigenvalue weighted by molar-refractivity contribution is 7.88. The molecule has 0 N–H and O–H groups in total. The van der Waals surface area contributed by atoms with Crippen LogP contribution in [0.1, 0.15) is 44.9 Å². The summed E-state index contributed by atoms with van der Waals surface area (Å²) in [4.78, 5) is 14.3. The largest absolute Gasteiger partial charge is 0.347 e. The topological polar surface area (TPSA) is 76.2 Å². The Hall–Kier alpha value is -0.700. The van der Waals surface area contributed by atoms with Crippen LogP contribution in [0.25, 0.3) is 0 Å². The van der Waals surface area contributed by atoms with E-state index in [2.05, 4.69) is 0 Å². The van der Waals surface area contributed by atoms with Crippen LogP contribution in [0.5, 0.6) is 0 Å². The van der Waals surface area contributed by atoms with Crippen LogP contribution in [0.15, 0.2) is 0 Å². The van der Waals surface area contributed by atoms with Gasteiger partial charge in [0.2, 0.25) is 15.9 Å². The molecule has 0 aromatic carbocycles. The van der Waals surface area contributed by atoms with Crippen molar-refractivity contribution in [1.29, 1.82) is 0 Å². The first-order valence-corrected chi connectivity index (χ1v) is 10.8. The Morgan fingerprint density at radius 3 is 2.29 bits per heavy atom. The van der Waals surface area contributed by atoms with Crippen molar-refractivity contribution in [1.82, 2.24) is 9.21 Å². The predicted octanol–water partition coefficient (Wildman–Crippen LogP) is 0.946. The van der Waals surface area contributed by atoms with Crippen LogP contribution in [-0.2, 0) is 24.3 Å². The number of nitrogens with zero attached hydrogens (tertiary/aromatic N) is 2. The lowest BCUT2D eigenvalue weighted by Gasteiger charge is -2.38. The Morgan fingerprint density at radius 2 is 1.75 bits per heavy atom. The number of rotatable bonds is 5. The third-order valence-electron chi connectivity index (χ3n) is 5.40. The van der Waals surface area contributed by atoms with E-state index < -0.39 is 15.8 Å². The lowest BCUT2D eigenvalue weighted by Crippen LogP contribution is -2.48. The summed E-state index contributed by atoms with van der Waals surface area (Å²) in [6, 6.07) is 0.0673. The standard InChI is InChI=1S/C16H28N2O5S/c1-24(20,21)18(14-4-2-3-5-14)9-6-15(19)17-10-7-16(8-11-17)22-12-13-23-16/h14H,2-13H2,1H3. The average Bonchev–Trinajstić information content (AvgIpc) is 3.19. The molecule has 7 nitrogen and oxygen atoms in total. The first-order valence-electron chi connectivity index (χ1n) is 8.92. The number of piperidine rings is 1. The molecule has 2 aliphatic heterocycles. The van der Waals surface area contributed by atoms with Gasteiger partial charge in [0.1, 0.15) is 0 Å². The maximum Gasteiger partial charge on any atom is 0.223 e. The van der Waals surface area contributed by atoms with Gasteiger partial charge in [-0.1, -0.05) is 12.8 Å². The van der Waals surface area contributed by atoms with Gasteiger partial charge in [-0.2, -0.15) is 4.31 Å². The molecule has 0 atom stereocenters. The molecule has 0 bridgehead atoms. The molecule has 3 fully saturated rings. The quantitative estimate of drug-likeness (QED) is 0.729. The van der Waals surface area contributed by atoms with Gasteiger partial charge in [0.15, 0.2) is 5.79 Å². The molecule has 138 valence electrons. The highest BCUT2D eigenvalue weighted by Crippen LogP contribution is 2.31. The Morgan fingerprint density at radius 1 is 1.17 bits per heavy atom. The molecule has 1 spiro atoms. The number of carbonyl (C=O) groups excluding carboxylic acids is 1. The van der Waals surface area contributed by atoms with Crippen molar-refractivity contribution < 1.29 is 22.7 Å². The van der Waals surface area contributed by atoms with Crippen LogP contribution in [0.2, 0.25) is 0 Å². The number of amides is 1. The van der Waals surface area contributed by atoms with E-state index >= 15 is 0 Å². The lowest BCUT2D eigenvalue weighted by molar-refractivity contribution is -0.187. The van der Waals surface area contributed by atoms with Gasteiger partial charge in [0, 0.05) is 44.9 Å². The zero-order valence-corrected chi connectivity index (χ0v) is 15.2. The zero-order chi connectivity index (χ0) is 17.2. The van der Waals surface area contributed by atoms with Crippen LogP contribution in [0.3, 0.4) is 0 Å². The molecular weight excluding hydrogens is 332 g/mol. The molecule has 3 aliphatic rings. The van der Waals surface area contributed by atoms with Crippen molar-refractivity contribution in [3.05, 3.63) is 0 Å². The number of ether oxygens (including phenoxy) is 2. The number of hydrogen-bond donors (Lipinski definition) is 0. The van der Waals surface area contributed by atoms with E-state index in [1.807, 2.05) is 4.90 Å². The molecule has 0 aromatic heterocycles. The minimum absolute atomic E-state index is 0.0227. The van der Waals surface area contributed by atoms with Gasteiger partial charge in [-0.05, 0) is 12.8 Å². The Balaban J connectivity index is 1.51. The maximum atomic E-state index is 12.5. The molecule has 0 unspecified atom stereocenters. The van der Waals surface area contributed by atoms with Crippen LogP contribution in [-0.4, -0.2) is 74.5 Å². The van der Waals surface area contributed by atoms with Crippen molar-refractivity contribution >= 4 is 15.9 Å². The SMILES string of the molecule is CS(=O)(=O)N(CCC(=O)N1CCC2(CC1)OCCO2)C1CCCC1. The first-order chi connectivity index (χ1) is 11.4. The van der Waals surface area contributed by atoms with Gasteiger partial charge in [-0.25, -0.2) is 8.42 Å². The second-order valence-corrected chi connectivity index (χ2v) is 8.99. The van der Waals surface area contributed by atoms with E-state index in [9.17, 15) is 13.2 Å². The second kappa shape index (κ2) is 7.27. The van der Waals surface area contributed by atoms with E-state index in [0.717, 1.165) is 25.7 Å². The van der Waals surface area contributed by atoms with E-state index in [1.54, 1.807) is 0 Å². The Kier molecular flexibility index (Phi) is 5.48. The molecule has 0 radical (unpaired) electrons. The molecule has 1 saturated carbocycles. The molecule has 2 saturated heterocycles. The Bertz CT molecular complexity index is 543. The van der Waals surface area contributed by atoms with Gasteiger partial charge in [0.25, 0.3) is 0 Å². The summed E-state index contributed by atoms with van der Waals surface area (Å²) in [6.07, 6.45) is 6.82. The van der Waals surface area contributed by atoms with Crippen molar-refractivity contribution in [2.45, 2.75) is 56.8 Å². The van der Waals surface area contributed by atoms with E-state index in [-0.39, 0.29) is 24.9 Å². The van der Waals surface area contributed by atoms with Gasteiger partial charge in [-0.3, -0.25) is 4.79 Å². The molecule has 3 rings (SSSR count). The number of likely N-dealkylation sites (tertiary alicyclic amines) is 1. The predicted molar refractivity (Wildman–Crippen MR) is 88.9 cm³/mol. The minimum atomic E-state index is -3.27. The summed E-state index contributed by atoms with van der Waals surface area (Å²) < 4.78 is 37.0. The molecule has 0 aromatic rings. The maximum absolute atomic E-state index is 12.5. The zero-order valence-electron chi connectivity index (χ0n) is 14.4. The average molecular weight is 360 g/mol. The lowest BCUT2D eigenvalue weighted by atomic mass is 10.0. The fourth-order valence-corrected chi connectivity index (χ4v) is 5.23. The van der Waals surface area contributed by atoms with Gasteiger partial charge >= 0.3 is 0 Å². The van der Waals surface area contributed by atoms with E-state index in [0.29, 0.717) is 39.1 Å². The normalized spacial score (nSPS) is 25.0. The monoisotopic (exact) mass is 360 g/mol. The highest BCUT2D eigenvalue weighted by atomic mass is 32.2. The van der Waals surface area contributed by atoms with E-state index in [4.69, 9.17) is 9.47 Å². The van der Waals surface area contributed by atoms with Gasteiger partial charge < -0.3 is 14.4 Å². The van der Waals surface area contributed by atoms with Crippen molar-refractivity contribution in [3.8, 4) is 0 Å². The molecule has 1 aliphatic carbocycles. The van der Waals surface area contributed by atoms with Crippen molar-refractivity contribution in [3.63, 3.8) is 0 Å². The number of sulfonamides is 1. The molecule has 1 amide bonds. The fraction of sp³-hybridized carbons (Fsp3) is 0.938. The highest BCUT2D eigenvalue weighted by Gasteiger charge is 2.40. The summed E-state index contributed by atoms with van der Waals surface area (Å²) in [7, 11) is -3.27. The summed E-state index contributed by atoms with van der Waals surface area (Å²) in [5.74, 6) is -0.464. The summed E-state index contributed by atoms with van der Waals surface area (Å²) in [6.45, 7) is 2.76. The smallest absolute Gasteiger partial charge is 0.223 e. The van der Waals surface area contributed by atoms with Crippen molar-refractivity contribution in [2.75, 3.05) is 39.1 Å². The summed E-state index contributed by atoms with van der Waals surface area (Å²) in [5.41, 5.74) is 0. The molecule has 8 heteroatoms. The van der Waals surface area contributed by atoms with Crippen LogP contribution < -0.4 is 0 Å². The third-order valence-corrected chi connectivity index (χ3v) is 6.73. The molecular formula is C16H28N2O5S. The van der Waals surface area contributed by atoms with Crippen LogP contribution in [0, 0.1) is 0 Å². The first kappa shape index (κ1) is 18.1. The fourth-order valence-electron chi connectivity index (χ4n) is 4.06.